The summed E-state index contributed by atoms with van der Waals surface area (Å²) in [6.45, 7) is 9.20. The van der Waals surface area contributed by atoms with Crippen LogP contribution in [0.2, 0.25) is 0 Å². The van der Waals surface area contributed by atoms with Crippen LogP contribution in [-0.4, -0.2) is 66.3 Å². The average molecular weight is 336 g/mol. The molecule has 2 saturated heterocycles. The van der Waals surface area contributed by atoms with Crippen molar-refractivity contribution in [1.29, 1.82) is 0 Å². The molecule has 7 heteroatoms. The highest BCUT2D eigenvalue weighted by atomic mass is 32.2. The van der Waals surface area contributed by atoms with E-state index in [9.17, 15) is 8.42 Å². The van der Waals surface area contributed by atoms with E-state index in [1.165, 1.54) is 0 Å². The molecule has 0 radical (unpaired) electrons. The van der Waals surface area contributed by atoms with Crippen LogP contribution in [0.3, 0.4) is 0 Å². The maximum Gasteiger partial charge on any atom is 0.282 e. The molecule has 0 amide bonds. The SMILES string of the molecule is CCNCC1CCCCN1S(=O)(=O)N1CCSC(C)C1C. The van der Waals surface area contributed by atoms with Gasteiger partial charge in [-0.25, -0.2) is 0 Å². The Morgan fingerprint density at radius 2 is 1.95 bits per heavy atom. The predicted molar refractivity (Wildman–Crippen MR) is 89.9 cm³/mol. The monoisotopic (exact) mass is 335 g/mol. The molecular weight excluding hydrogens is 306 g/mol. The van der Waals surface area contributed by atoms with Gasteiger partial charge in [0.2, 0.25) is 0 Å². The molecule has 5 nitrogen and oxygen atoms in total. The first-order chi connectivity index (χ1) is 9.98. The highest BCUT2D eigenvalue weighted by Crippen LogP contribution is 2.30. The quantitative estimate of drug-likeness (QED) is 0.828. The van der Waals surface area contributed by atoms with E-state index in [1.54, 1.807) is 8.61 Å². The predicted octanol–water partition coefficient (Wildman–Crippen LogP) is 1.52. The fourth-order valence-electron chi connectivity index (χ4n) is 3.16. The summed E-state index contributed by atoms with van der Waals surface area (Å²) in [5.74, 6) is 0.899. The maximum atomic E-state index is 13.1. The Morgan fingerprint density at radius 3 is 2.67 bits per heavy atom. The summed E-state index contributed by atoms with van der Waals surface area (Å²) in [6, 6.07) is 0.191. The van der Waals surface area contributed by atoms with Gasteiger partial charge in [-0.2, -0.15) is 28.8 Å². The first-order valence-corrected chi connectivity index (χ1v) is 10.5. The summed E-state index contributed by atoms with van der Waals surface area (Å²) >= 11 is 1.87. The summed E-state index contributed by atoms with van der Waals surface area (Å²) in [7, 11) is -3.33. The molecule has 0 aliphatic carbocycles. The van der Waals surface area contributed by atoms with Gasteiger partial charge in [-0.1, -0.05) is 20.3 Å². The number of nitrogens with zero attached hydrogens (tertiary/aromatic N) is 2. The van der Waals surface area contributed by atoms with Crippen molar-refractivity contribution in [1.82, 2.24) is 13.9 Å². The smallest absolute Gasteiger partial charge is 0.282 e. The summed E-state index contributed by atoms with van der Waals surface area (Å²) in [6.07, 6.45) is 3.08. The molecule has 0 saturated carbocycles. The topological polar surface area (TPSA) is 52.7 Å². The molecule has 124 valence electrons. The van der Waals surface area contributed by atoms with Crippen molar-refractivity contribution in [2.75, 3.05) is 31.9 Å². The van der Waals surface area contributed by atoms with E-state index in [2.05, 4.69) is 19.2 Å². The van der Waals surface area contributed by atoms with Gasteiger partial charge in [0.25, 0.3) is 10.2 Å². The summed E-state index contributed by atoms with van der Waals surface area (Å²) in [4.78, 5) is 0. The van der Waals surface area contributed by atoms with E-state index in [0.29, 0.717) is 18.3 Å². The Labute approximate surface area is 134 Å². The van der Waals surface area contributed by atoms with Crippen molar-refractivity contribution in [3.8, 4) is 0 Å². The van der Waals surface area contributed by atoms with Gasteiger partial charge in [0.1, 0.15) is 0 Å². The van der Waals surface area contributed by atoms with Gasteiger partial charge in [0.15, 0.2) is 0 Å². The third-order valence-corrected chi connectivity index (χ3v) is 8.14. The van der Waals surface area contributed by atoms with Crippen molar-refractivity contribution >= 4 is 22.0 Å². The number of likely N-dealkylation sites (N-methyl/N-ethyl adjacent to an activating group) is 1. The van der Waals surface area contributed by atoms with Gasteiger partial charge in [-0.3, -0.25) is 0 Å². The van der Waals surface area contributed by atoms with E-state index >= 15 is 0 Å². The highest BCUT2D eigenvalue weighted by Gasteiger charge is 2.41. The number of rotatable bonds is 5. The van der Waals surface area contributed by atoms with Crippen LogP contribution in [0.25, 0.3) is 0 Å². The molecule has 3 atom stereocenters. The largest absolute Gasteiger partial charge is 0.315 e. The van der Waals surface area contributed by atoms with E-state index in [0.717, 1.165) is 38.1 Å². The molecule has 0 aromatic rings. The summed E-state index contributed by atoms with van der Waals surface area (Å²) in [5.41, 5.74) is 0. The molecular formula is C14H29N3O2S2. The van der Waals surface area contributed by atoms with E-state index < -0.39 is 10.2 Å². The second-order valence-corrected chi connectivity index (χ2v) is 9.32. The van der Waals surface area contributed by atoms with Crippen LogP contribution < -0.4 is 5.32 Å². The fourth-order valence-corrected chi connectivity index (χ4v) is 6.56. The van der Waals surface area contributed by atoms with E-state index in [1.807, 2.05) is 18.7 Å². The summed E-state index contributed by atoms with van der Waals surface area (Å²) < 4.78 is 29.7. The second kappa shape index (κ2) is 7.64. The van der Waals surface area contributed by atoms with Gasteiger partial charge >= 0.3 is 0 Å². The van der Waals surface area contributed by atoms with Crippen LogP contribution in [-0.2, 0) is 10.2 Å². The van der Waals surface area contributed by atoms with Crippen LogP contribution in [0.15, 0.2) is 0 Å². The lowest BCUT2D eigenvalue weighted by molar-refractivity contribution is 0.216. The number of hydrogen-bond acceptors (Lipinski definition) is 4. The van der Waals surface area contributed by atoms with Gasteiger partial charge < -0.3 is 5.32 Å². The van der Waals surface area contributed by atoms with Crippen molar-refractivity contribution in [3.05, 3.63) is 0 Å². The molecule has 2 rings (SSSR count). The minimum Gasteiger partial charge on any atom is -0.315 e. The molecule has 0 aromatic carbocycles. The minimum absolute atomic E-state index is 0.0791. The zero-order chi connectivity index (χ0) is 15.5. The van der Waals surface area contributed by atoms with Crippen molar-refractivity contribution in [2.45, 2.75) is 57.4 Å². The van der Waals surface area contributed by atoms with E-state index in [4.69, 9.17) is 0 Å². The van der Waals surface area contributed by atoms with E-state index in [-0.39, 0.29) is 12.1 Å². The van der Waals surface area contributed by atoms with Crippen LogP contribution in [0.4, 0.5) is 0 Å². The molecule has 2 aliphatic heterocycles. The maximum absolute atomic E-state index is 13.1. The molecule has 1 N–H and O–H groups in total. The minimum atomic E-state index is -3.33. The van der Waals surface area contributed by atoms with Crippen LogP contribution in [0, 0.1) is 0 Å². The average Bonchev–Trinajstić information content (AvgIpc) is 2.48. The Bertz CT molecular complexity index is 430. The first kappa shape index (κ1) is 17.5. The Balaban J connectivity index is 2.15. The molecule has 21 heavy (non-hydrogen) atoms. The standard InChI is InChI=1S/C14H29N3O2S2/c1-4-15-11-14-7-5-6-8-17(14)21(18,19)16-9-10-20-13(3)12(16)2/h12-15H,4-11H2,1-3H3. The number of hydrogen-bond donors (Lipinski definition) is 1. The molecule has 2 fully saturated rings. The zero-order valence-electron chi connectivity index (χ0n) is 13.4. The van der Waals surface area contributed by atoms with Gasteiger partial charge in [-0.15, -0.1) is 0 Å². The third kappa shape index (κ3) is 3.93. The van der Waals surface area contributed by atoms with Gasteiger partial charge in [0.05, 0.1) is 0 Å². The zero-order valence-corrected chi connectivity index (χ0v) is 15.0. The Kier molecular flexibility index (Phi) is 6.38. The summed E-state index contributed by atoms with van der Waals surface area (Å²) in [5, 5.41) is 3.68. The van der Waals surface area contributed by atoms with Crippen molar-refractivity contribution in [2.24, 2.45) is 0 Å². The lowest BCUT2D eigenvalue weighted by Gasteiger charge is -2.43. The Hall–Kier alpha value is 0.180. The van der Waals surface area contributed by atoms with Crippen LogP contribution in [0.1, 0.15) is 40.0 Å². The molecule has 0 spiro atoms. The molecule has 0 aromatic heterocycles. The third-order valence-electron chi connectivity index (χ3n) is 4.62. The van der Waals surface area contributed by atoms with Crippen molar-refractivity contribution in [3.63, 3.8) is 0 Å². The van der Waals surface area contributed by atoms with Gasteiger partial charge in [-0.05, 0) is 26.3 Å². The lowest BCUT2D eigenvalue weighted by Crippen LogP contribution is -2.58. The van der Waals surface area contributed by atoms with Crippen LogP contribution >= 0.6 is 11.8 Å². The van der Waals surface area contributed by atoms with Crippen LogP contribution in [0.5, 0.6) is 0 Å². The van der Waals surface area contributed by atoms with Gasteiger partial charge in [0, 0.05) is 42.7 Å². The first-order valence-electron chi connectivity index (χ1n) is 8.09. The fraction of sp³-hybridized carbons (Fsp3) is 1.00. The molecule has 3 unspecified atom stereocenters. The molecule has 0 bridgehead atoms. The number of piperidine rings is 1. The normalized spacial score (nSPS) is 33.2. The number of nitrogens with one attached hydrogen (secondary N) is 1. The molecule has 2 heterocycles. The lowest BCUT2D eigenvalue weighted by atomic mass is 10.1. The van der Waals surface area contributed by atoms with Crippen molar-refractivity contribution < 1.29 is 8.42 Å². The molecule has 2 aliphatic rings. The highest BCUT2D eigenvalue weighted by molar-refractivity contribution is 8.00. The Morgan fingerprint density at radius 1 is 1.19 bits per heavy atom. The second-order valence-electron chi connectivity index (χ2n) is 6.00. The number of thioether (sulfide) groups is 1.